The summed E-state index contributed by atoms with van der Waals surface area (Å²) in [5, 5.41) is 20.0. The Kier molecular flexibility index (Phi) is 6.32. The number of rotatable bonds is 6. The summed E-state index contributed by atoms with van der Waals surface area (Å²) >= 11 is 0. The molecule has 0 heterocycles. The minimum atomic E-state index is -0.938. The predicted molar refractivity (Wildman–Crippen MR) is 45.9 cm³/mol. The fourth-order valence-electron chi connectivity index (χ4n) is 0.656. The standard InChI is InChI=1S/C8H15NO3/c1-7(10)4-6-9-5-2-3-8(11)12/h2-3,7,9-10H,4-6H2,1H3,(H,11,12)/b3-2+. The second-order valence-corrected chi connectivity index (χ2v) is 2.58. The molecule has 0 spiro atoms. The first-order chi connectivity index (χ1) is 5.63. The van der Waals surface area contributed by atoms with E-state index < -0.39 is 5.97 Å². The first kappa shape index (κ1) is 11.1. The van der Waals surface area contributed by atoms with Crippen molar-refractivity contribution in [3.8, 4) is 0 Å². The van der Waals surface area contributed by atoms with Crippen LogP contribution in [0.25, 0.3) is 0 Å². The molecule has 0 saturated heterocycles. The van der Waals surface area contributed by atoms with Gasteiger partial charge in [0.05, 0.1) is 6.10 Å². The molecule has 0 fully saturated rings. The Labute approximate surface area is 71.9 Å². The number of carboxylic acids is 1. The van der Waals surface area contributed by atoms with Gasteiger partial charge in [-0.1, -0.05) is 6.08 Å². The van der Waals surface area contributed by atoms with Gasteiger partial charge in [0.25, 0.3) is 0 Å². The molecule has 0 radical (unpaired) electrons. The van der Waals surface area contributed by atoms with Crippen LogP contribution in [0.4, 0.5) is 0 Å². The molecule has 4 nitrogen and oxygen atoms in total. The monoisotopic (exact) mass is 173 g/mol. The molecule has 4 heteroatoms. The van der Waals surface area contributed by atoms with Crippen molar-refractivity contribution >= 4 is 5.97 Å². The highest BCUT2D eigenvalue weighted by Crippen LogP contribution is 1.85. The maximum atomic E-state index is 9.99. The summed E-state index contributed by atoms with van der Waals surface area (Å²) in [5.41, 5.74) is 0. The minimum absolute atomic E-state index is 0.305. The molecule has 0 saturated carbocycles. The van der Waals surface area contributed by atoms with Gasteiger partial charge < -0.3 is 15.5 Å². The average Bonchev–Trinajstić information content (AvgIpc) is 1.95. The first-order valence-corrected chi connectivity index (χ1v) is 3.91. The summed E-state index contributed by atoms with van der Waals surface area (Å²) in [5.74, 6) is -0.938. The van der Waals surface area contributed by atoms with Gasteiger partial charge >= 0.3 is 5.97 Å². The van der Waals surface area contributed by atoms with Crippen LogP contribution in [0, 0.1) is 0 Å². The molecular weight excluding hydrogens is 158 g/mol. The molecule has 0 bridgehead atoms. The van der Waals surface area contributed by atoms with Gasteiger partial charge in [0.15, 0.2) is 0 Å². The van der Waals surface area contributed by atoms with E-state index in [1.165, 1.54) is 6.08 Å². The van der Waals surface area contributed by atoms with Crippen molar-refractivity contribution in [2.24, 2.45) is 0 Å². The molecule has 0 rings (SSSR count). The first-order valence-electron chi connectivity index (χ1n) is 3.91. The molecular formula is C8H15NO3. The highest BCUT2D eigenvalue weighted by atomic mass is 16.4. The second kappa shape index (κ2) is 6.82. The zero-order valence-electron chi connectivity index (χ0n) is 7.16. The van der Waals surface area contributed by atoms with Crippen molar-refractivity contribution < 1.29 is 15.0 Å². The van der Waals surface area contributed by atoms with Crippen LogP contribution >= 0.6 is 0 Å². The maximum Gasteiger partial charge on any atom is 0.328 e. The lowest BCUT2D eigenvalue weighted by atomic mass is 10.3. The zero-order valence-corrected chi connectivity index (χ0v) is 7.16. The lowest BCUT2D eigenvalue weighted by Crippen LogP contribution is -2.19. The Morgan fingerprint density at radius 3 is 2.83 bits per heavy atom. The van der Waals surface area contributed by atoms with Crippen LogP contribution in [0.2, 0.25) is 0 Å². The molecule has 0 aromatic carbocycles. The van der Waals surface area contributed by atoms with E-state index in [1.807, 2.05) is 0 Å². The van der Waals surface area contributed by atoms with E-state index in [0.29, 0.717) is 19.5 Å². The van der Waals surface area contributed by atoms with E-state index >= 15 is 0 Å². The number of aliphatic hydroxyl groups excluding tert-OH is 1. The van der Waals surface area contributed by atoms with Crippen LogP contribution < -0.4 is 5.32 Å². The van der Waals surface area contributed by atoms with Crippen LogP contribution in [0.15, 0.2) is 12.2 Å². The van der Waals surface area contributed by atoms with E-state index in [4.69, 9.17) is 10.2 Å². The largest absolute Gasteiger partial charge is 0.478 e. The SMILES string of the molecule is CC(O)CCNC/C=C/C(=O)O. The lowest BCUT2D eigenvalue weighted by molar-refractivity contribution is -0.131. The third-order valence-electron chi connectivity index (χ3n) is 1.26. The topological polar surface area (TPSA) is 69.6 Å². The molecule has 3 N–H and O–H groups in total. The summed E-state index contributed by atoms with van der Waals surface area (Å²) in [7, 11) is 0. The highest BCUT2D eigenvalue weighted by molar-refractivity contribution is 5.79. The van der Waals surface area contributed by atoms with Crippen molar-refractivity contribution in [2.45, 2.75) is 19.4 Å². The summed E-state index contributed by atoms with van der Waals surface area (Å²) in [6.07, 6.45) is 3.00. The van der Waals surface area contributed by atoms with Gasteiger partial charge in [-0.3, -0.25) is 0 Å². The maximum absolute atomic E-state index is 9.99. The number of carboxylic acid groups (broad SMARTS) is 1. The van der Waals surface area contributed by atoms with E-state index in [-0.39, 0.29) is 6.10 Å². The van der Waals surface area contributed by atoms with Gasteiger partial charge in [-0.05, 0) is 19.9 Å². The van der Waals surface area contributed by atoms with E-state index in [0.717, 1.165) is 6.08 Å². The third kappa shape index (κ3) is 9.13. The van der Waals surface area contributed by atoms with Crippen LogP contribution in [0.1, 0.15) is 13.3 Å². The molecule has 0 aliphatic rings. The Morgan fingerprint density at radius 2 is 2.33 bits per heavy atom. The molecule has 0 amide bonds. The van der Waals surface area contributed by atoms with Gasteiger partial charge in [0, 0.05) is 12.6 Å². The van der Waals surface area contributed by atoms with E-state index in [9.17, 15) is 4.79 Å². The second-order valence-electron chi connectivity index (χ2n) is 2.58. The summed E-state index contributed by atoms with van der Waals surface area (Å²) in [4.78, 5) is 9.99. The fourth-order valence-corrected chi connectivity index (χ4v) is 0.656. The minimum Gasteiger partial charge on any atom is -0.478 e. The van der Waals surface area contributed by atoms with Gasteiger partial charge in [-0.15, -0.1) is 0 Å². The third-order valence-corrected chi connectivity index (χ3v) is 1.26. The number of hydrogen-bond donors (Lipinski definition) is 3. The number of carbonyl (C=O) groups is 1. The van der Waals surface area contributed by atoms with Gasteiger partial charge in [0.1, 0.15) is 0 Å². The van der Waals surface area contributed by atoms with Crippen LogP contribution in [0.5, 0.6) is 0 Å². The molecule has 70 valence electrons. The molecule has 1 atom stereocenters. The highest BCUT2D eigenvalue weighted by Gasteiger charge is 1.92. The number of aliphatic carboxylic acids is 1. The summed E-state index contributed by atoms with van der Waals surface area (Å²) in [6.45, 7) is 2.94. The van der Waals surface area contributed by atoms with Crippen molar-refractivity contribution in [1.82, 2.24) is 5.32 Å². The lowest BCUT2D eigenvalue weighted by Gasteiger charge is -2.02. The summed E-state index contributed by atoms with van der Waals surface area (Å²) < 4.78 is 0. The van der Waals surface area contributed by atoms with Crippen molar-refractivity contribution in [1.29, 1.82) is 0 Å². The Hall–Kier alpha value is -0.870. The fraction of sp³-hybridized carbons (Fsp3) is 0.625. The molecule has 0 aromatic rings. The molecule has 0 aromatic heterocycles. The normalized spacial score (nSPS) is 13.5. The number of hydrogen-bond acceptors (Lipinski definition) is 3. The Morgan fingerprint density at radius 1 is 1.67 bits per heavy atom. The van der Waals surface area contributed by atoms with Gasteiger partial charge in [0.2, 0.25) is 0 Å². The number of nitrogens with one attached hydrogen (secondary N) is 1. The molecule has 12 heavy (non-hydrogen) atoms. The van der Waals surface area contributed by atoms with E-state index in [1.54, 1.807) is 6.92 Å². The van der Waals surface area contributed by atoms with Crippen LogP contribution in [-0.2, 0) is 4.79 Å². The Bertz CT molecular complexity index is 154. The quantitative estimate of drug-likeness (QED) is 0.390. The van der Waals surface area contributed by atoms with Crippen molar-refractivity contribution in [2.75, 3.05) is 13.1 Å². The van der Waals surface area contributed by atoms with Crippen molar-refractivity contribution in [3.05, 3.63) is 12.2 Å². The Balaban J connectivity index is 3.16. The predicted octanol–water partition coefficient (Wildman–Crippen LogP) is -0.0123. The van der Waals surface area contributed by atoms with Gasteiger partial charge in [-0.25, -0.2) is 4.79 Å². The van der Waals surface area contributed by atoms with Crippen molar-refractivity contribution in [3.63, 3.8) is 0 Å². The summed E-state index contributed by atoms with van der Waals surface area (Å²) in [6, 6.07) is 0. The molecule has 1 unspecified atom stereocenters. The molecule has 0 aliphatic carbocycles. The van der Waals surface area contributed by atoms with E-state index in [2.05, 4.69) is 5.32 Å². The van der Waals surface area contributed by atoms with Crippen LogP contribution in [0.3, 0.4) is 0 Å². The van der Waals surface area contributed by atoms with Crippen LogP contribution in [-0.4, -0.2) is 35.4 Å². The smallest absolute Gasteiger partial charge is 0.328 e. The molecule has 0 aliphatic heterocycles. The average molecular weight is 173 g/mol. The van der Waals surface area contributed by atoms with Gasteiger partial charge in [-0.2, -0.15) is 0 Å². The number of aliphatic hydroxyl groups is 1. The zero-order chi connectivity index (χ0) is 9.40.